The lowest BCUT2D eigenvalue weighted by Gasteiger charge is -2.35. The Hall–Kier alpha value is -8.35. The molecular weight excluding hydrogens is 2000 g/mol. The standard InChI is InChI=1S/C27H33F4N3O2S.C26H32F5N3O2S.C26H33F4N3O2S.C25H31F4N3O2S/c28-25(29)24-20(2-1-10-32-24)22(35)14-18-5-3-17(4-6-18)7-11-34-12-8-21-23(9-13-34)37-26(33-21)36-19-15-27(30,31)16-19;1-25(29,30)16-36-24-33-19-6-12-34(13-7-21(19)37-24)14-10-26(31)8-4-17(5-9-26)15-20(35)18-3-2-11-32-22(18)23(27)28;1-26(29,30)16-35-25-32-20-9-13-33(14-10-22(20)36-25)12-8-17-4-6-18(7-5-17)15-21(34)19-3-2-11-31-23(19)24(27)28;26-22(27)15-34-25-31-19-8-12-32(13-9-21(19)35-25)11-7-16-3-5-17(6-4-16)14-20(33)18-2-1-10-30-23(18)24(28)29/h1-2,10,17-19,25H,3-9,11-16H2;2-3,11,17,23H,4-10,12-16H2,1H3;2-3,11,17-18,24H,4-10,12-16H2,1H3;1-2,10,16-17,22,24H,3-9,11-15H2. The second-order valence-electron chi connectivity index (χ2n) is 40.5. The Kier molecular flexibility index (Phi) is 41.0. The third kappa shape index (κ3) is 34.3. The second kappa shape index (κ2) is 52.9. The van der Waals surface area contributed by atoms with Crippen LogP contribution in [-0.4, -0.2) is 217 Å². The van der Waals surface area contributed by atoms with Crippen LogP contribution in [0.5, 0.6) is 20.8 Å². The molecule has 0 saturated heterocycles. The Morgan fingerprint density at radius 1 is 0.372 bits per heavy atom. The SMILES string of the molecule is CC(F)(F)COc1nc2c(s1)CCN(CCC1(F)CCC(CC(=O)c3cccnc3C(F)F)CC1)CC2.CC(F)(F)COc1nc2c(s1)CCN(CCC1CCC(CC(=O)c3cccnc3C(F)F)CC1)CC2.O=C(CC1CCC(CCN2CCc3nc(OC4CC(F)(F)C4)sc3CC2)CC1)c1cccnc1C(F)F.O=C(CC1CCC(CCN2CCc3nc(OCC(F)F)sc3CC2)CC1)c1cccnc1C(F)F. The fourth-order valence-electron chi connectivity index (χ4n) is 21.1. The Morgan fingerprint density at radius 2 is 0.641 bits per heavy atom. The molecule has 796 valence electrons. The van der Waals surface area contributed by atoms with Crippen LogP contribution < -0.4 is 18.9 Å². The van der Waals surface area contributed by atoms with Gasteiger partial charge >= 0.3 is 0 Å². The minimum atomic E-state index is -2.91. The first-order valence-electron chi connectivity index (χ1n) is 50.9. The lowest BCUT2D eigenvalue weighted by molar-refractivity contribution is -0.134. The van der Waals surface area contributed by atoms with Gasteiger partial charge in [-0.2, -0.15) is 0 Å². The molecule has 0 atom stereocenters. The van der Waals surface area contributed by atoms with Crippen LogP contribution in [0.3, 0.4) is 0 Å². The number of pyridine rings is 4. The fraction of sp³-hybridized carbons (Fsp3) is 0.654. The Morgan fingerprint density at radius 3 is 0.931 bits per heavy atom. The highest BCUT2D eigenvalue weighted by Crippen LogP contribution is 2.46. The van der Waals surface area contributed by atoms with Crippen LogP contribution in [-0.2, 0) is 51.4 Å². The van der Waals surface area contributed by atoms with Crippen LogP contribution in [0.25, 0.3) is 0 Å². The van der Waals surface area contributed by atoms with Gasteiger partial charge in [-0.1, -0.05) is 83.9 Å². The van der Waals surface area contributed by atoms with Gasteiger partial charge in [-0.15, -0.1) is 0 Å². The van der Waals surface area contributed by atoms with E-state index in [2.05, 4.69) is 59.5 Å². The number of halogens is 17. The number of alkyl halides is 17. The van der Waals surface area contributed by atoms with Crippen molar-refractivity contribution in [3.63, 3.8) is 0 Å². The molecule has 0 spiro atoms. The maximum atomic E-state index is 15.6. The zero-order valence-electron chi connectivity index (χ0n) is 81.8. The topological polar surface area (TPSA) is 221 Å². The number of ketones is 4. The number of ether oxygens (including phenoxy) is 4. The molecule has 8 aromatic heterocycles. The van der Waals surface area contributed by atoms with E-state index in [0.717, 1.165) is 258 Å². The van der Waals surface area contributed by atoms with Crippen molar-refractivity contribution in [1.82, 2.24) is 59.5 Å². The van der Waals surface area contributed by atoms with E-state index >= 15 is 4.39 Å². The number of nitrogens with zero attached hydrogens (tertiary/aromatic N) is 12. The molecule has 0 amide bonds. The molecule has 4 aliphatic heterocycles. The highest BCUT2D eigenvalue weighted by Gasteiger charge is 2.48. The number of Topliss-reactive ketones (excluding diaryl/α,β-unsaturated/α-hetero) is 4. The molecule has 20 nitrogen and oxygen atoms in total. The van der Waals surface area contributed by atoms with Crippen molar-refractivity contribution < 1.29 is 113 Å². The second-order valence-corrected chi connectivity index (χ2v) is 44.7. The monoisotopic (exact) mass is 2120 g/mol. The molecule has 8 aromatic rings. The minimum Gasteiger partial charge on any atom is -0.466 e. The summed E-state index contributed by atoms with van der Waals surface area (Å²) in [6.45, 7) is 10.3. The van der Waals surface area contributed by atoms with Crippen LogP contribution in [0.1, 0.15) is 313 Å². The quantitative estimate of drug-likeness (QED) is 0.0258. The van der Waals surface area contributed by atoms with Crippen molar-refractivity contribution in [2.45, 2.75) is 294 Å². The van der Waals surface area contributed by atoms with Gasteiger partial charge in [0.15, 0.2) is 43.0 Å². The summed E-state index contributed by atoms with van der Waals surface area (Å²) < 4.78 is 245. The Balaban J connectivity index is 0.000000153. The van der Waals surface area contributed by atoms with E-state index in [9.17, 15) is 89.4 Å². The first-order valence-corrected chi connectivity index (χ1v) is 54.1. The van der Waals surface area contributed by atoms with E-state index in [1.165, 1.54) is 117 Å². The average Bonchev–Trinajstić information content (AvgIpc) is 1.48. The van der Waals surface area contributed by atoms with E-state index in [4.69, 9.17) is 18.9 Å². The van der Waals surface area contributed by atoms with Crippen molar-refractivity contribution in [2.75, 3.05) is 98.4 Å². The molecule has 17 rings (SSSR count). The van der Waals surface area contributed by atoms with E-state index in [1.54, 1.807) is 6.07 Å². The van der Waals surface area contributed by atoms with Crippen LogP contribution in [0, 0.1) is 41.4 Å². The van der Waals surface area contributed by atoms with Gasteiger partial charge in [-0.05, 0) is 225 Å². The number of hydrogen-bond donors (Lipinski definition) is 0. The lowest BCUT2D eigenvalue weighted by Crippen LogP contribution is -2.43. The molecule has 9 aliphatic rings. The van der Waals surface area contributed by atoms with Crippen LogP contribution >= 0.6 is 45.3 Å². The molecule has 0 N–H and O–H groups in total. The van der Waals surface area contributed by atoms with Crippen molar-refractivity contribution in [3.05, 3.63) is 161 Å². The molecular formula is C104H129F17N12O8S4. The number of thiazole rings is 4. The predicted octanol–water partition coefficient (Wildman–Crippen LogP) is 25.4. The van der Waals surface area contributed by atoms with Crippen LogP contribution in [0.2, 0.25) is 0 Å². The highest BCUT2D eigenvalue weighted by atomic mass is 32.1. The maximum absolute atomic E-state index is 15.6. The number of rotatable bonds is 39. The summed E-state index contributed by atoms with van der Waals surface area (Å²) in [7, 11) is 0. The summed E-state index contributed by atoms with van der Waals surface area (Å²) in [5.74, 6) is -6.86. The Labute approximate surface area is 850 Å². The lowest BCUT2D eigenvalue weighted by atomic mass is 9.76. The van der Waals surface area contributed by atoms with E-state index in [0.29, 0.717) is 104 Å². The number of carbonyl (C=O) groups excluding carboxylic acids is 4. The van der Waals surface area contributed by atoms with Crippen molar-refractivity contribution >= 4 is 68.5 Å². The summed E-state index contributed by atoms with van der Waals surface area (Å²) >= 11 is 5.56. The van der Waals surface area contributed by atoms with E-state index < -0.39 is 104 Å². The zero-order valence-corrected chi connectivity index (χ0v) is 85.0. The number of carbonyl (C=O) groups is 4. The number of fused-ring (bicyclic) bond motifs is 4. The summed E-state index contributed by atoms with van der Waals surface area (Å²) in [5, 5.41) is 1.47. The predicted molar refractivity (Wildman–Crippen MR) is 519 cm³/mol. The average molecular weight is 2130 g/mol. The van der Waals surface area contributed by atoms with E-state index in [1.807, 2.05) is 0 Å². The normalized spacial score (nSPS) is 22.5. The van der Waals surface area contributed by atoms with Gasteiger partial charge in [0.05, 0.1) is 22.8 Å². The largest absolute Gasteiger partial charge is 0.466 e. The highest BCUT2D eigenvalue weighted by molar-refractivity contribution is 7.14. The molecule has 0 radical (unpaired) electrons. The number of hydrogen-bond acceptors (Lipinski definition) is 24. The van der Waals surface area contributed by atoms with Crippen molar-refractivity contribution in [2.24, 2.45) is 41.4 Å². The minimum absolute atomic E-state index is 0.0218. The molecule has 0 aromatic carbocycles. The smallest absolute Gasteiger partial charge is 0.281 e. The first-order chi connectivity index (χ1) is 69.3. The number of aromatic nitrogens is 8. The summed E-state index contributed by atoms with van der Waals surface area (Å²) in [5.41, 5.74) is 0.953. The third-order valence-electron chi connectivity index (χ3n) is 29.5. The molecule has 12 heterocycles. The summed E-state index contributed by atoms with van der Waals surface area (Å²) in [6, 6.07) is 11.8. The summed E-state index contributed by atoms with van der Waals surface area (Å²) in [6.07, 6.45) is 15.8. The first kappa shape index (κ1) is 112. The van der Waals surface area contributed by atoms with Gasteiger partial charge in [0.25, 0.3) is 70.7 Å². The summed E-state index contributed by atoms with van der Waals surface area (Å²) in [4.78, 5) is 97.1. The molecule has 5 aliphatic carbocycles. The molecule has 0 bridgehead atoms. The van der Waals surface area contributed by atoms with Crippen molar-refractivity contribution in [3.8, 4) is 20.8 Å². The van der Waals surface area contributed by atoms with Crippen molar-refractivity contribution in [1.29, 1.82) is 0 Å². The van der Waals surface area contributed by atoms with Gasteiger partial charge in [0.2, 0.25) is 0 Å². The van der Waals surface area contributed by atoms with Gasteiger partial charge in [0.1, 0.15) is 34.5 Å². The third-order valence-corrected chi connectivity index (χ3v) is 33.7. The van der Waals surface area contributed by atoms with Gasteiger partial charge in [-0.3, -0.25) is 39.1 Å². The molecule has 41 heteroatoms. The van der Waals surface area contributed by atoms with Gasteiger partial charge in [-0.25, -0.2) is 94.6 Å². The Bertz CT molecular complexity index is 5350. The molecule has 0 unspecified atom stereocenters. The zero-order chi connectivity index (χ0) is 103. The molecule has 5 fully saturated rings. The maximum Gasteiger partial charge on any atom is 0.281 e. The fourth-order valence-corrected chi connectivity index (χ4v) is 24.9. The molecule has 145 heavy (non-hydrogen) atoms. The van der Waals surface area contributed by atoms with Crippen LogP contribution in [0.4, 0.5) is 74.6 Å². The van der Waals surface area contributed by atoms with Gasteiger partial charge in [0, 0.05) is 204 Å². The van der Waals surface area contributed by atoms with Gasteiger partial charge < -0.3 is 38.5 Å². The molecule has 5 saturated carbocycles. The van der Waals surface area contributed by atoms with Crippen LogP contribution in [0.15, 0.2) is 73.3 Å². The van der Waals surface area contributed by atoms with E-state index in [-0.39, 0.29) is 93.5 Å².